The van der Waals surface area contributed by atoms with E-state index in [1.54, 1.807) is 32.9 Å². The second-order valence-electron chi connectivity index (χ2n) is 7.89. The van der Waals surface area contributed by atoms with Gasteiger partial charge in [0.05, 0.1) is 5.56 Å². The van der Waals surface area contributed by atoms with Crippen LogP contribution < -0.4 is 4.74 Å². The van der Waals surface area contributed by atoms with Gasteiger partial charge in [0.1, 0.15) is 18.0 Å². The van der Waals surface area contributed by atoms with E-state index in [1.807, 2.05) is 30.3 Å². The Hall–Kier alpha value is -2.74. The zero-order valence-electron chi connectivity index (χ0n) is 17.0. The van der Waals surface area contributed by atoms with Gasteiger partial charge in [-0.2, -0.15) is 13.2 Å². The molecule has 0 saturated carbocycles. The summed E-state index contributed by atoms with van der Waals surface area (Å²) in [6, 6.07) is 13.8. The van der Waals surface area contributed by atoms with Crippen molar-refractivity contribution in [3.8, 4) is 5.75 Å². The van der Waals surface area contributed by atoms with Gasteiger partial charge in [-0.25, -0.2) is 9.69 Å². The average molecular weight is 423 g/mol. The number of nitrogens with zero attached hydrogens (tertiary/aromatic N) is 1. The van der Waals surface area contributed by atoms with Crippen molar-refractivity contribution in [2.24, 2.45) is 0 Å². The summed E-state index contributed by atoms with van der Waals surface area (Å²) in [6.07, 6.45) is -0.857. The topological polar surface area (TPSA) is 48.0 Å². The monoisotopic (exact) mass is 423 g/mol. The Bertz CT molecular complexity index is 886. The van der Waals surface area contributed by atoms with Gasteiger partial charge in [0, 0.05) is 6.54 Å². The first kappa shape index (κ1) is 22.0. The van der Waals surface area contributed by atoms with Crippen molar-refractivity contribution in [1.29, 1.82) is 0 Å². The molecule has 1 unspecified atom stereocenters. The number of ether oxygens (including phenoxy) is 3. The molecule has 0 spiro atoms. The van der Waals surface area contributed by atoms with E-state index >= 15 is 4.39 Å². The summed E-state index contributed by atoms with van der Waals surface area (Å²) < 4.78 is 58.0. The van der Waals surface area contributed by atoms with Crippen molar-refractivity contribution >= 4 is 6.09 Å². The van der Waals surface area contributed by atoms with Gasteiger partial charge >= 0.3 is 18.7 Å². The summed E-state index contributed by atoms with van der Waals surface area (Å²) in [7, 11) is 0. The smallest absolute Gasteiger partial charge is 0.414 e. The Balaban J connectivity index is 1.99. The largest absolute Gasteiger partial charge is 0.488 e. The quantitative estimate of drug-likeness (QED) is 0.606. The lowest BCUT2D eigenvalue weighted by molar-refractivity contribution is -0.324. The van der Waals surface area contributed by atoms with Crippen LogP contribution in [0.1, 0.15) is 37.5 Å². The van der Waals surface area contributed by atoms with Crippen molar-refractivity contribution in [2.45, 2.75) is 52.0 Å². The van der Waals surface area contributed by atoms with Gasteiger partial charge in [-0.1, -0.05) is 42.5 Å². The Morgan fingerprint density at radius 2 is 1.83 bits per heavy atom. The van der Waals surface area contributed by atoms with E-state index in [9.17, 15) is 13.6 Å². The maximum atomic E-state index is 16.1. The molecule has 0 aliphatic carbocycles. The van der Waals surface area contributed by atoms with E-state index in [4.69, 9.17) is 9.47 Å². The highest BCUT2D eigenvalue weighted by Crippen LogP contribution is 2.45. The van der Waals surface area contributed by atoms with E-state index < -0.39 is 24.3 Å². The van der Waals surface area contributed by atoms with Gasteiger partial charge in [0.2, 0.25) is 0 Å². The second kappa shape index (κ2) is 8.55. The molecule has 0 fully saturated rings. The Morgan fingerprint density at radius 3 is 2.47 bits per heavy atom. The molecule has 1 heterocycles. The maximum Gasteiger partial charge on any atom is 0.414 e. The molecule has 2 aromatic carbocycles. The van der Waals surface area contributed by atoms with Crippen LogP contribution in [-0.4, -0.2) is 29.8 Å². The fourth-order valence-corrected chi connectivity index (χ4v) is 3.27. The molecule has 1 amide bonds. The minimum Gasteiger partial charge on any atom is -0.488 e. The molecular weight excluding hydrogens is 399 g/mol. The second-order valence-corrected chi connectivity index (χ2v) is 7.89. The van der Waals surface area contributed by atoms with Gasteiger partial charge in [0.25, 0.3) is 0 Å². The van der Waals surface area contributed by atoms with Crippen molar-refractivity contribution < 1.29 is 32.2 Å². The average Bonchev–Trinajstić information content (AvgIpc) is 2.65. The number of rotatable bonds is 5. The van der Waals surface area contributed by atoms with Crippen LogP contribution in [0.2, 0.25) is 0 Å². The zero-order valence-corrected chi connectivity index (χ0v) is 17.0. The number of hydrogen-bond acceptors (Lipinski definition) is 4. The lowest BCUT2D eigenvalue weighted by Gasteiger charge is -2.42. The van der Waals surface area contributed by atoms with Gasteiger partial charge < -0.3 is 9.47 Å². The molecule has 0 aromatic heterocycles. The predicted molar refractivity (Wildman–Crippen MR) is 104 cm³/mol. The number of benzene rings is 2. The summed E-state index contributed by atoms with van der Waals surface area (Å²) in [5.74, 6) is -3.22. The van der Waals surface area contributed by atoms with Crippen LogP contribution in [-0.2, 0) is 28.5 Å². The number of halogens is 3. The number of amides is 1. The van der Waals surface area contributed by atoms with Crippen LogP contribution >= 0.6 is 0 Å². The lowest BCUT2D eigenvalue weighted by Crippen LogP contribution is -2.54. The molecule has 162 valence electrons. The van der Waals surface area contributed by atoms with Gasteiger partial charge in [0.15, 0.2) is 0 Å². The van der Waals surface area contributed by atoms with Gasteiger partial charge in [-0.15, -0.1) is 0 Å². The van der Waals surface area contributed by atoms with Crippen molar-refractivity contribution in [3.05, 3.63) is 65.2 Å². The third-order valence-electron chi connectivity index (χ3n) is 4.47. The van der Waals surface area contributed by atoms with Crippen LogP contribution in [0.15, 0.2) is 48.5 Å². The molecule has 30 heavy (non-hydrogen) atoms. The van der Waals surface area contributed by atoms with E-state index in [2.05, 4.69) is 4.74 Å². The van der Waals surface area contributed by atoms with Crippen LogP contribution in [0.4, 0.5) is 18.0 Å². The first-order valence-electron chi connectivity index (χ1n) is 9.55. The number of hydrogen-bond donors (Lipinski definition) is 0. The summed E-state index contributed by atoms with van der Waals surface area (Å²) >= 11 is 0. The Labute approximate surface area is 173 Å². The molecule has 0 bridgehead atoms. The maximum absolute atomic E-state index is 16.1. The first-order valence-corrected chi connectivity index (χ1v) is 9.55. The molecule has 1 aliphatic rings. The fourth-order valence-electron chi connectivity index (χ4n) is 3.27. The minimum atomic E-state index is -3.46. The molecule has 8 heteroatoms. The minimum absolute atomic E-state index is 0.0211. The highest BCUT2D eigenvalue weighted by Gasteiger charge is 2.52. The number of fused-ring (bicyclic) bond motifs is 1. The summed E-state index contributed by atoms with van der Waals surface area (Å²) in [4.78, 5) is 13.2. The summed E-state index contributed by atoms with van der Waals surface area (Å²) in [6.45, 7) is 1.25. The van der Waals surface area contributed by atoms with Crippen LogP contribution in [0, 0.1) is 0 Å². The molecule has 0 radical (unpaired) electrons. The Kier molecular flexibility index (Phi) is 6.26. The fraction of sp³-hybridized carbons (Fsp3) is 0.409. The molecule has 5 nitrogen and oxygen atoms in total. The van der Waals surface area contributed by atoms with E-state index in [0.29, 0.717) is 10.5 Å². The third-order valence-corrected chi connectivity index (χ3v) is 4.47. The van der Waals surface area contributed by atoms with Gasteiger partial charge in [-0.3, -0.25) is 4.74 Å². The van der Waals surface area contributed by atoms with Crippen LogP contribution in [0.25, 0.3) is 0 Å². The first-order chi connectivity index (χ1) is 14.1. The highest BCUT2D eigenvalue weighted by molar-refractivity contribution is 5.70. The Morgan fingerprint density at radius 1 is 1.13 bits per heavy atom. The SMILES string of the molecule is CC(C)(C)OC(=O)N1CCc2cccc(OCc3ccccc3)c2C1(F)OC(F)F. The van der Waals surface area contributed by atoms with E-state index in [-0.39, 0.29) is 30.9 Å². The van der Waals surface area contributed by atoms with Gasteiger partial charge in [-0.05, 0) is 44.4 Å². The predicted octanol–water partition coefficient (Wildman–Crippen LogP) is 5.38. The molecule has 0 saturated heterocycles. The van der Waals surface area contributed by atoms with E-state index in [0.717, 1.165) is 5.56 Å². The zero-order chi connectivity index (χ0) is 21.9. The molecule has 1 atom stereocenters. The third kappa shape index (κ3) is 4.87. The van der Waals surface area contributed by atoms with E-state index in [1.165, 1.54) is 6.07 Å². The summed E-state index contributed by atoms with van der Waals surface area (Å²) in [5, 5.41) is 0. The number of alkyl halides is 3. The molecule has 3 rings (SSSR count). The number of carbonyl (C=O) groups is 1. The van der Waals surface area contributed by atoms with Crippen LogP contribution in [0.5, 0.6) is 5.75 Å². The summed E-state index contributed by atoms with van der Waals surface area (Å²) in [5.41, 5.74) is 0.0443. The lowest BCUT2D eigenvalue weighted by atomic mass is 9.96. The van der Waals surface area contributed by atoms with Crippen LogP contribution in [0.3, 0.4) is 0 Å². The normalized spacial score (nSPS) is 18.8. The van der Waals surface area contributed by atoms with Crippen molar-refractivity contribution in [3.63, 3.8) is 0 Å². The molecule has 0 N–H and O–H groups in total. The molecular formula is C22H24F3NO4. The van der Waals surface area contributed by atoms with Crippen molar-refractivity contribution in [1.82, 2.24) is 4.90 Å². The van der Waals surface area contributed by atoms with Crippen molar-refractivity contribution in [2.75, 3.05) is 6.54 Å². The standard InChI is InChI=1S/C22H24F3NO4/c1-21(2,3)30-20(27)26-13-12-16-10-7-11-17(18(16)22(26,25)29-19(23)24)28-14-15-8-5-4-6-9-15/h4-11,19H,12-14H2,1-3H3. The highest BCUT2D eigenvalue weighted by atomic mass is 19.3. The molecule has 2 aromatic rings. The number of carbonyl (C=O) groups excluding carboxylic acids is 1. The molecule has 1 aliphatic heterocycles.